The third kappa shape index (κ3) is 4.29. The van der Waals surface area contributed by atoms with Crippen molar-refractivity contribution in [1.82, 2.24) is 19.4 Å². The summed E-state index contributed by atoms with van der Waals surface area (Å²) in [4.78, 5) is 22.4. The number of ketones is 1. The van der Waals surface area contributed by atoms with Crippen molar-refractivity contribution in [2.45, 2.75) is 40.3 Å². The summed E-state index contributed by atoms with van der Waals surface area (Å²) >= 11 is 1.78. The van der Waals surface area contributed by atoms with Crippen molar-refractivity contribution in [3.05, 3.63) is 52.3 Å². The number of nitrogens with zero attached hydrogens (tertiary/aromatic N) is 4. The van der Waals surface area contributed by atoms with Crippen LogP contribution in [0.15, 0.2) is 30.3 Å². The fourth-order valence-electron chi connectivity index (χ4n) is 4.43. The first-order valence-corrected chi connectivity index (χ1v) is 11.2. The van der Waals surface area contributed by atoms with Crippen LogP contribution in [0.2, 0.25) is 0 Å². The van der Waals surface area contributed by atoms with E-state index in [9.17, 15) is 4.79 Å². The maximum Gasteiger partial charge on any atom is 0.178 e. The van der Waals surface area contributed by atoms with E-state index in [0.29, 0.717) is 12.6 Å². The molecular weight excluding hydrogens is 380 g/mol. The van der Waals surface area contributed by atoms with Crippen LogP contribution >= 0.6 is 11.3 Å². The summed E-state index contributed by atoms with van der Waals surface area (Å²) in [6, 6.07) is 10.8. The van der Waals surface area contributed by atoms with E-state index in [4.69, 9.17) is 4.98 Å². The molecule has 0 radical (unpaired) electrons. The lowest BCUT2D eigenvalue weighted by molar-refractivity contribution is 0.0843. The number of carbonyl (C=O) groups excluding carboxylic acids is 1. The molecule has 2 aromatic heterocycles. The molecule has 3 heterocycles. The first-order valence-electron chi connectivity index (χ1n) is 10.4. The summed E-state index contributed by atoms with van der Waals surface area (Å²) in [5.74, 6) is 0.240. The number of carbonyl (C=O) groups is 1. The summed E-state index contributed by atoms with van der Waals surface area (Å²) < 4.78 is 3.51. The molecule has 0 spiro atoms. The largest absolute Gasteiger partial charge is 0.346 e. The monoisotopic (exact) mass is 410 g/mol. The Hall–Kier alpha value is -2.02. The van der Waals surface area contributed by atoms with Gasteiger partial charge in [-0.05, 0) is 45.9 Å². The summed E-state index contributed by atoms with van der Waals surface area (Å²) in [6.45, 7) is 13.7. The van der Waals surface area contributed by atoms with Gasteiger partial charge in [0.15, 0.2) is 5.78 Å². The van der Waals surface area contributed by atoms with Crippen LogP contribution in [0.4, 0.5) is 0 Å². The number of rotatable bonds is 6. The predicted molar refractivity (Wildman–Crippen MR) is 120 cm³/mol. The van der Waals surface area contributed by atoms with Crippen LogP contribution in [0.25, 0.3) is 10.2 Å². The average molecular weight is 411 g/mol. The van der Waals surface area contributed by atoms with E-state index in [1.165, 1.54) is 15.4 Å². The van der Waals surface area contributed by atoms with Crippen molar-refractivity contribution in [3.63, 3.8) is 0 Å². The van der Waals surface area contributed by atoms with Crippen molar-refractivity contribution < 1.29 is 4.79 Å². The molecule has 154 valence electrons. The minimum Gasteiger partial charge on any atom is -0.346 e. The van der Waals surface area contributed by atoms with Crippen molar-refractivity contribution in [2.24, 2.45) is 0 Å². The van der Waals surface area contributed by atoms with Crippen LogP contribution in [0.1, 0.15) is 46.6 Å². The van der Waals surface area contributed by atoms with Gasteiger partial charge in [0.2, 0.25) is 0 Å². The molecule has 0 atom stereocenters. The fourth-order valence-corrected chi connectivity index (χ4v) is 5.44. The summed E-state index contributed by atoms with van der Waals surface area (Å²) in [7, 11) is 0. The lowest BCUT2D eigenvalue weighted by Gasteiger charge is -2.33. The summed E-state index contributed by atoms with van der Waals surface area (Å²) in [6.07, 6.45) is 0. The zero-order valence-electron chi connectivity index (χ0n) is 17.8. The van der Waals surface area contributed by atoms with E-state index >= 15 is 0 Å². The van der Waals surface area contributed by atoms with Gasteiger partial charge in [-0.25, -0.2) is 4.98 Å². The van der Waals surface area contributed by atoms with Crippen LogP contribution in [-0.4, -0.2) is 57.9 Å². The maximum atomic E-state index is 12.9. The number of piperazine rings is 1. The minimum absolute atomic E-state index is 0.240. The fraction of sp³-hybridized carbons (Fsp3) is 0.478. The Morgan fingerprint density at radius 3 is 2.45 bits per heavy atom. The normalized spacial score (nSPS) is 16.2. The molecule has 0 saturated carbocycles. The van der Waals surface area contributed by atoms with Crippen molar-refractivity contribution in [3.8, 4) is 0 Å². The standard InChI is InChI=1S/C23H30N4OS/c1-16(2)27-17(3)13-19(18(27)4)21(28)14-25-9-11-26(12-10-25)15-23-24-20-7-5-6-8-22(20)29-23/h5-8,13,16H,9-12,14-15H2,1-4H3. The second-order valence-electron chi connectivity index (χ2n) is 8.30. The summed E-state index contributed by atoms with van der Waals surface area (Å²) in [5, 5.41) is 1.18. The van der Waals surface area contributed by atoms with E-state index in [2.05, 4.69) is 66.3 Å². The Balaban J connectivity index is 1.33. The third-order valence-corrected chi connectivity index (χ3v) is 6.85. The van der Waals surface area contributed by atoms with E-state index in [1.807, 2.05) is 6.07 Å². The number of para-hydroxylation sites is 1. The van der Waals surface area contributed by atoms with E-state index in [1.54, 1.807) is 11.3 Å². The second kappa shape index (κ2) is 8.38. The number of hydrogen-bond donors (Lipinski definition) is 0. The Kier molecular flexibility index (Phi) is 5.86. The molecule has 0 amide bonds. The van der Waals surface area contributed by atoms with Crippen molar-refractivity contribution >= 4 is 27.3 Å². The van der Waals surface area contributed by atoms with Gasteiger partial charge in [-0.15, -0.1) is 11.3 Å². The highest BCUT2D eigenvalue weighted by Gasteiger charge is 2.23. The van der Waals surface area contributed by atoms with Gasteiger partial charge in [0.1, 0.15) is 5.01 Å². The molecule has 0 bridgehead atoms. The molecule has 4 rings (SSSR count). The Labute approximate surface area is 177 Å². The lowest BCUT2D eigenvalue weighted by Crippen LogP contribution is -2.47. The second-order valence-corrected chi connectivity index (χ2v) is 9.41. The highest BCUT2D eigenvalue weighted by molar-refractivity contribution is 7.18. The third-order valence-electron chi connectivity index (χ3n) is 5.83. The van der Waals surface area contributed by atoms with Crippen molar-refractivity contribution in [2.75, 3.05) is 32.7 Å². The number of aryl methyl sites for hydroxylation is 1. The smallest absolute Gasteiger partial charge is 0.178 e. The molecule has 1 aromatic carbocycles. The molecule has 29 heavy (non-hydrogen) atoms. The Morgan fingerprint density at radius 1 is 1.10 bits per heavy atom. The van der Waals surface area contributed by atoms with Gasteiger partial charge in [-0.3, -0.25) is 14.6 Å². The number of Topliss-reactive ketones (excluding diaryl/α,β-unsaturated/α-hetero) is 1. The van der Waals surface area contributed by atoms with Gasteiger partial charge >= 0.3 is 0 Å². The molecule has 5 nitrogen and oxygen atoms in total. The van der Waals surface area contributed by atoms with Crippen LogP contribution in [0.5, 0.6) is 0 Å². The molecule has 0 N–H and O–H groups in total. The van der Waals surface area contributed by atoms with Gasteiger partial charge in [-0.2, -0.15) is 0 Å². The first-order chi connectivity index (χ1) is 13.9. The Bertz CT molecular complexity index is 978. The molecule has 6 heteroatoms. The van der Waals surface area contributed by atoms with Gasteiger partial charge in [0.25, 0.3) is 0 Å². The van der Waals surface area contributed by atoms with Gasteiger partial charge < -0.3 is 4.57 Å². The van der Waals surface area contributed by atoms with Crippen molar-refractivity contribution in [1.29, 1.82) is 0 Å². The molecule has 1 aliphatic heterocycles. The van der Waals surface area contributed by atoms with Gasteiger partial charge in [0, 0.05) is 49.2 Å². The average Bonchev–Trinajstić information content (AvgIpc) is 3.22. The molecule has 1 aliphatic rings. The highest BCUT2D eigenvalue weighted by atomic mass is 32.1. The number of fused-ring (bicyclic) bond motifs is 1. The molecule has 3 aromatic rings. The molecule has 1 fully saturated rings. The topological polar surface area (TPSA) is 41.4 Å². The molecule has 1 saturated heterocycles. The van der Waals surface area contributed by atoms with Crippen LogP contribution in [0, 0.1) is 13.8 Å². The van der Waals surface area contributed by atoms with Gasteiger partial charge in [0.05, 0.1) is 23.3 Å². The highest BCUT2D eigenvalue weighted by Crippen LogP contribution is 2.23. The van der Waals surface area contributed by atoms with Crippen LogP contribution in [0.3, 0.4) is 0 Å². The molecule has 0 unspecified atom stereocenters. The van der Waals surface area contributed by atoms with Gasteiger partial charge in [-0.1, -0.05) is 12.1 Å². The van der Waals surface area contributed by atoms with E-state index in [0.717, 1.165) is 49.5 Å². The quantitative estimate of drug-likeness (QED) is 0.568. The SMILES string of the molecule is Cc1cc(C(=O)CN2CCN(Cc3nc4ccccc4s3)CC2)c(C)n1C(C)C. The maximum absolute atomic E-state index is 12.9. The predicted octanol–water partition coefficient (Wildman–Crippen LogP) is 4.30. The lowest BCUT2D eigenvalue weighted by atomic mass is 10.1. The minimum atomic E-state index is 0.240. The number of thiazole rings is 1. The zero-order chi connectivity index (χ0) is 20.5. The first kappa shape index (κ1) is 20.3. The number of benzene rings is 1. The molecular formula is C23H30N4OS. The number of aromatic nitrogens is 2. The Morgan fingerprint density at radius 2 is 1.79 bits per heavy atom. The van der Waals surface area contributed by atoms with Crippen LogP contribution < -0.4 is 0 Å². The van der Waals surface area contributed by atoms with Crippen LogP contribution in [-0.2, 0) is 6.54 Å². The number of hydrogen-bond acceptors (Lipinski definition) is 5. The van der Waals surface area contributed by atoms with E-state index < -0.39 is 0 Å². The van der Waals surface area contributed by atoms with E-state index in [-0.39, 0.29) is 5.78 Å². The molecule has 0 aliphatic carbocycles. The summed E-state index contributed by atoms with van der Waals surface area (Å²) in [5.41, 5.74) is 4.24. The zero-order valence-corrected chi connectivity index (χ0v) is 18.6.